The van der Waals surface area contributed by atoms with Gasteiger partial charge in [-0.05, 0) is 19.4 Å². The molecule has 0 unspecified atom stereocenters. The van der Waals surface area contributed by atoms with Gasteiger partial charge in [0.2, 0.25) is 0 Å². The van der Waals surface area contributed by atoms with Crippen molar-refractivity contribution >= 4 is 0 Å². The molecule has 1 saturated carbocycles. The normalized spacial score (nSPS) is 18.9. The molecule has 0 amide bonds. The zero-order chi connectivity index (χ0) is 7.23. The molecule has 1 rings (SSSR count). The lowest BCUT2D eigenvalue weighted by molar-refractivity contribution is 0.340. The van der Waals surface area contributed by atoms with E-state index in [0.717, 1.165) is 25.7 Å². The Hall–Kier alpha value is -0.0800. The summed E-state index contributed by atoms with van der Waals surface area (Å²) < 4.78 is 0. The topological polar surface area (TPSA) is 24.1 Å². The van der Waals surface area contributed by atoms with Crippen molar-refractivity contribution in [1.82, 2.24) is 10.6 Å². The van der Waals surface area contributed by atoms with E-state index < -0.39 is 0 Å². The summed E-state index contributed by atoms with van der Waals surface area (Å²) in [5.74, 6) is 0. The second kappa shape index (κ2) is 4.69. The molecule has 10 heavy (non-hydrogen) atoms. The third kappa shape index (κ3) is 2.67. The lowest BCUT2D eigenvalue weighted by atomic mass is 9.93. The first-order valence-corrected chi connectivity index (χ1v) is 4.37. The van der Waals surface area contributed by atoms with E-state index in [9.17, 15) is 0 Å². The maximum absolute atomic E-state index is 3.49. The first-order chi connectivity index (χ1) is 4.93. The van der Waals surface area contributed by atoms with Gasteiger partial charge < -0.3 is 10.6 Å². The van der Waals surface area contributed by atoms with Gasteiger partial charge in [0, 0.05) is 19.1 Å². The molecule has 0 aromatic carbocycles. The monoisotopic (exact) mass is 142 g/mol. The fourth-order valence-electron chi connectivity index (χ4n) is 1.15. The standard InChI is InChI=1S/C8H18N2/c1-2-9-6-7-10-8-4-3-5-8/h8-10H,2-7H2,1H3. The van der Waals surface area contributed by atoms with E-state index in [2.05, 4.69) is 17.6 Å². The van der Waals surface area contributed by atoms with Crippen LogP contribution in [0.1, 0.15) is 26.2 Å². The average molecular weight is 142 g/mol. The van der Waals surface area contributed by atoms with Crippen LogP contribution in [0.15, 0.2) is 0 Å². The summed E-state index contributed by atoms with van der Waals surface area (Å²) in [4.78, 5) is 0. The summed E-state index contributed by atoms with van der Waals surface area (Å²) in [5, 5.41) is 6.78. The van der Waals surface area contributed by atoms with Crippen LogP contribution in [-0.2, 0) is 0 Å². The van der Waals surface area contributed by atoms with Gasteiger partial charge in [0.05, 0.1) is 0 Å². The van der Waals surface area contributed by atoms with Crippen molar-refractivity contribution in [2.75, 3.05) is 19.6 Å². The summed E-state index contributed by atoms with van der Waals surface area (Å²) in [6.45, 7) is 5.49. The van der Waals surface area contributed by atoms with Gasteiger partial charge >= 0.3 is 0 Å². The molecule has 1 aliphatic carbocycles. The van der Waals surface area contributed by atoms with Gasteiger partial charge in [0.1, 0.15) is 0 Å². The van der Waals surface area contributed by atoms with E-state index >= 15 is 0 Å². The fraction of sp³-hybridized carbons (Fsp3) is 1.00. The van der Waals surface area contributed by atoms with Crippen molar-refractivity contribution in [3.8, 4) is 0 Å². The number of hydrogen-bond acceptors (Lipinski definition) is 2. The van der Waals surface area contributed by atoms with Crippen LogP contribution in [0.3, 0.4) is 0 Å². The minimum absolute atomic E-state index is 0.846. The van der Waals surface area contributed by atoms with Crippen molar-refractivity contribution in [2.45, 2.75) is 32.2 Å². The molecule has 0 spiro atoms. The second-order valence-electron chi connectivity index (χ2n) is 2.94. The Kier molecular flexibility index (Phi) is 3.76. The van der Waals surface area contributed by atoms with Crippen molar-refractivity contribution in [2.24, 2.45) is 0 Å². The van der Waals surface area contributed by atoms with Crippen LogP contribution >= 0.6 is 0 Å². The maximum Gasteiger partial charge on any atom is 0.00793 e. The molecule has 2 N–H and O–H groups in total. The fourth-order valence-corrected chi connectivity index (χ4v) is 1.15. The lowest BCUT2D eigenvalue weighted by Gasteiger charge is -2.26. The van der Waals surface area contributed by atoms with E-state index in [1.54, 1.807) is 0 Å². The quantitative estimate of drug-likeness (QED) is 0.553. The van der Waals surface area contributed by atoms with Gasteiger partial charge in [-0.25, -0.2) is 0 Å². The number of hydrogen-bond donors (Lipinski definition) is 2. The summed E-state index contributed by atoms with van der Waals surface area (Å²) in [6, 6.07) is 0.846. The summed E-state index contributed by atoms with van der Waals surface area (Å²) in [7, 11) is 0. The number of rotatable bonds is 5. The van der Waals surface area contributed by atoms with Crippen molar-refractivity contribution in [3.05, 3.63) is 0 Å². The van der Waals surface area contributed by atoms with Gasteiger partial charge in [0.15, 0.2) is 0 Å². The molecule has 0 bridgehead atoms. The zero-order valence-electron chi connectivity index (χ0n) is 6.82. The summed E-state index contributed by atoms with van der Waals surface area (Å²) >= 11 is 0. The molecule has 0 radical (unpaired) electrons. The van der Waals surface area contributed by atoms with Crippen LogP contribution in [0.2, 0.25) is 0 Å². The molecule has 2 heteroatoms. The number of likely N-dealkylation sites (N-methyl/N-ethyl adjacent to an activating group) is 1. The highest BCUT2D eigenvalue weighted by atomic mass is 15.0. The van der Waals surface area contributed by atoms with Crippen LogP contribution < -0.4 is 10.6 Å². The molecule has 1 aliphatic rings. The minimum Gasteiger partial charge on any atom is -0.316 e. The third-order valence-electron chi connectivity index (χ3n) is 2.09. The Bertz CT molecular complexity index is 79.3. The van der Waals surface area contributed by atoms with Gasteiger partial charge in [-0.1, -0.05) is 13.3 Å². The van der Waals surface area contributed by atoms with Crippen molar-refractivity contribution in [3.63, 3.8) is 0 Å². The summed E-state index contributed by atoms with van der Waals surface area (Å²) in [6.07, 6.45) is 4.22. The molecule has 2 nitrogen and oxygen atoms in total. The van der Waals surface area contributed by atoms with E-state index in [1.807, 2.05) is 0 Å². The molecule has 0 heterocycles. The molecule has 0 aliphatic heterocycles. The predicted molar refractivity (Wildman–Crippen MR) is 44.2 cm³/mol. The zero-order valence-corrected chi connectivity index (χ0v) is 6.82. The maximum atomic E-state index is 3.49. The van der Waals surface area contributed by atoms with Crippen LogP contribution in [0.4, 0.5) is 0 Å². The molecule has 0 saturated heterocycles. The number of nitrogens with one attached hydrogen (secondary N) is 2. The molecule has 60 valence electrons. The van der Waals surface area contributed by atoms with Crippen LogP contribution in [0, 0.1) is 0 Å². The predicted octanol–water partition coefficient (Wildman–Crippen LogP) is 0.738. The Balaban J connectivity index is 1.76. The highest BCUT2D eigenvalue weighted by Gasteiger charge is 2.15. The average Bonchev–Trinajstić information content (AvgIpc) is 1.84. The highest BCUT2D eigenvalue weighted by Crippen LogP contribution is 2.17. The first kappa shape index (κ1) is 8.02. The Morgan fingerprint density at radius 2 is 2.10 bits per heavy atom. The van der Waals surface area contributed by atoms with Crippen LogP contribution in [0.25, 0.3) is 0 Å². The van der Waals surface area contributed by atoms with Crippen LogP contribution in [0.5, 0.6) is 0 Å². The Labute approximate surface area is 63.4 Å². The molecule has 0 aromatic rings. The molecule has 0 aromatic heterocycles. The third-order valence-corrected chi connectivity index (χ3v) is 2.09. The largest absolute Gasteiger partial charge is 0.316 e. The first-order valence-electron chi connectivity index (χ1n) is 4.37. The van der Waals surface area contributed by atoms with Crippen LogP contribution in [-0.4, -0.2) is 25.7 Å². The Morgan fingerprint density at radius 3 is 2.60 bits per heavy atom. The minimum atomic E-state index is 0.846. The SMILES string of the molecule is CCNCCNC1CCC1. The molecular weight excluding hydrogens is 124 g/mol. The van der Waals surface area contributed by atoms with Gasteiger partial charge in [-0.3, -0.25) is 0 Å². The second-order valence-corrected chi connectivity index (χ2v) is 2.94. The smallest absolute Gasteiger partial charge is 0.00793 e. The molecule has 1 fully saturated rings. The summed E-state index contributed by atoms with van der Waals surface area (Å²) in [5.41, 5.74) is 0. The van der Waals surface area contributed by atoms with Crippen molar-refractivity contribution < 1.29 is 0 Å². The van der Waals surface area contributed by atoms with Crippen molar-refractivity contribution in [1.29, 1.82) is 0 Å². The lowest BCUT2D eigenvalue weighted by Crippen LogP contribution is -2.39. The molecule has 0 atom stereocenters. The van der Waals surface area contributed by atoms with E-state index in [1.165, 1.54) is 19.3 Å². The van der Waals surface area contributed by atoms with E-state index in [0.29, 0.717) is 0 Å². The molecular formula is C8H18N2. The van der Waals surface area contributed by atoms with E-state index in [4.69, 9.17) is 0 Å². The Morgan fingerprint density at radius 1 is 1.30 bits per heavy atom. The van der Waals surface area contributed by atoms with E-state index in [-0.39, 0.29) is 0 Å². The van der Waals surface area contributed by atoms with Gasteiger partial charge in [-0.15, -0.1) is 0 Å². The highest BCUT2D eigenvalue weighted by molar-refractivity contribution is 4.76. The van der Waals surface area contributed by atoms with Gasteiger partial charge in [0.25, 0.3) is 0 Å². The van der Waals surface area contributed by atoms with Gasteiger partial charge in [-0.2, -0.15) is 0 Å².